The Hall–Kier alpha value is -1.43. The van der Waals surface area contributed by atoms with Crippen molar-refractivity contribution >= 4 is 15.8 Å². The van der Waals surface area contributed by atoms with Gasteiger partial charge in [-0.15, -0.1) is 0 Å². The highest BCUT2D eigenvalue weighted by atomic mass is 32.2. The third kappa shape index (κ3) is 3.53. The number of hydrogen-bond donors (Lipinski definition) is 1. The molecule has 100 valence electrons. The minimum Gasteiger partial charge on any atom is -0.478 e. The zero-order valence-electron chi connectivity index (χ0n) is 10.6. The molecular formula is C12H17NO4S. The molecule has 5 nitrogen and oxygen atoms in total. The zero-order chi connectivity index (χ0) is 13.9. The van der Waals surface area contributed by atoms with Crippen LogP contribution in [0, 0.1) is 5.92 Å². The van der Waals surface area contributed by atoms with E-state index in [1.54, 1.807) is 6.92 Å². The van der Waals surface area contributed by atoms with Gasteiger partial charge >= 0.3 is 5.97 Å². The summed E-state index contributed by atoms with van der Waals surface area (Å²) in [6, 6.07) is 2.80. The summed E-state index contributed by atoms with van der Waals surface area (Å²) in [4.78, 5) is 14.5. The average molecular weight is 271 g/mol. The van der Waals surface area contributed by atoms with Gasteiger partial charge in [0.1, 0.15) is 0 Å². The molecule has 1 rings (SSSR count). The van der Waals surface area contributed by atoms with Gasteiger partial charge in [-0.3, -0.25) is 4.98 Å². The second-order valence-electron chi connectivity index (χ2n) is 4.60. The maximum absolute atomic E-state index is 12.0. The van der Waals surface area contributed by atoms with Crippen LogP contribution in [0.15, 0.2) is 18.3 Å². The van der Waals surface area contributed by atoms with Crippen molar-refractivity contribution in [2.24, 2.45) is 5.92 Å². The largest absolute Gasteiger partial charge is 0.478 e. The predicted octanol–water partition coefficient (Wildman–Crippen LogP) is 1.74. The molecule has 0 radical (unpaired) electrons. The molecule has 1 aromatic rings. The molecule has 0 aromatic carbocycles. The fourth-order valence-electron chi connectivity index (χ4n) is 1.39. The minimum absolute atomic E-state index is 0.0355. The van der Waals surface area contributed by atoms with E-state index in [4.69, 9.17) is 5.11 Å². The summed E-state index contributed by atoms with van der Waals surface area (Å²) in [7, 11) is -3.26. The van der Waals surface area contributed by atoms with E-state index in [1.165, 1.54) is 18.3 Å². The van der Waals surface area contributed by atoms with Crippen LogP contribution in [0.4, 0.5) is 0 Å². The number of rotatable bonds is 5. The number of carboxylic acid groups (broad SMARTS) is 1. The van der Waals surface area contributed by atoms with Crippen LogP contribution in [-0.2, 0) is 15.6 Å². The highest BCUT2D eigenvalue weighted by Crippen LogP contribution is 2.16. The molecule has 0 aliphatic heterocycles. The summed E-state index contributed by atoms with van der Waals surface area (Å²) in [5.41, 5.74) is 0.417. The first kappa shape index (κ1) is 14.6. The zero-order valence-corrected chi connectivity index (χ0v) is 11.4. The Morgan fingerprint density at radius 1 is 1.33 bits per heavy atom. The van der Waals surface area contributed by atoms with Gasteiger partial charge in [0.2, 0.25) is 0 Å². The third-order valence-electron chi connectivity index (χ3n) is 2.93. The van der Waals surface area contributed by atoms with Gasteiger partial charge in [0.25, 0.3) is 0 Å². The number of carboxylic acids is 1. The molecule has 0 aliphatic carbocycles. The van der Waals surface area contributed by atoms with Gasteiger partial charge in [0.15, 0.2) is 9.84 Å². The van der Waals surface area contributed by atoms with Crippen LogP contribution >= 0.6 is 0 Å². The lowest BCUT2D eigenvalue weighted by atomic mass is 10.2. The molecule has 0 saturated heterocycles. The van der Waals surface area contributed by atoms with E-state index in [2.05, 4.69) is 4.98 Å². The molecule has 1 atom stereocenters. The van der Waals surface area contributed by atoms with Crippen LogP contribution in [0.25, 0.3) is 0 Å². The average Bonchev–Trinajstić information content (AvgIpc) is 2.28. The van der Waals surface area contributed by atoms with E-state index >= 15 is 0 Å². The van der Waals surface area contributed by atoms with Gasteiger partial charge in [-0.05, 0) is 25.0 Å². The van der Waals surface area contributed by atoms with Crippen LogP contribution < -0.4 is 0 Å². The van der Waals surface area contributed by atoms with Gasteiger partial charge in [-0.2, -0.15) is 0 Å². The second kappa shape index (κ2) is 5.48. The first-order valence-corrected chi connectivity index (χ1v) is 7.35. The first-order chi connectivity index (χ1) is 8.24. The van der Waals surface area contributed by atoms with Gasteiger partial charge < -0.3 is 5.11 Å². The third-order valence-corrected chi connectivity index (χ3v) is 5.30. The van der Waals surface area contributed by atoms with Crippen LogP contribution in [0.2, 0.25) is 0 Å². The van der Waals surface area contributed by atoms with Crippen LogP contribution in [0.3, 0.4) is 0 Å². The van der Waals surface area contributed by atoms with E-state index in [-0.39, 0.29) is 17.2 Å². The number of sulfone groups is 1. The summed E-state index contributed by atoms with van der Waals surface area (Å²) in [6.45, 7) is 5.37. The summed E-state index contributed by atoms with van der Waals surface area (Å²) in [5.74, 6) is -1.20. The Balaban J connectivity index is 2.88. The molecule has 1 N–H and O–H groups in total. The number of aromatic nitrogens is 1. The number of carbonyl (C=O) groups is 1. The highest BCUT2D eigenvalue weighted by molar-refractivity contribution is 7.91. The Labute approximate surface area is 107 Å². The lowest BCUT2D eigenvalue weighted by Gasteiger charge is -2.15. The first-order valence-electron chi connectivity index (χ1n) is 5.64. The van der Waals surface area contributed by atoms with E-state index in [0.717, 1.165) is 0 Å². The van der Waals surface area contributed by atoms with Crippen LogP contribution in [0.1, 0.15) is 36.8 Å². The number of aromatic carboxylic acids is 1. The molecule has 0 amide bonds. The molecule has 0 spiro atoms. The monoisotopic (exact) mass is 271 g/mol. The summed E-state index contributed by atoms with van der Waals surface area (Å²) in [6.07, 6.45) is 1.17. The molecule has 0 aliphatic rings. The summed E-state index contributed by atoms with van der Waals surface area (Å²) >= 11 is 0. The molecule has 0 bridgehead atoms. The normalized spacial score (nSPS) is 13.6. The van der Waals surface area contributed by atoms with E-state index in [0.29, 0.717) is 5.69 Å². The standard InChI is InChI=1S/C12H17NO4S/c1-8(2)9(3)18(16,17)7-11-5-4-10(6-13-11)12(14)15/h4-6,8-9H,7H2,1-3H3,(H,14,15). The maximum atomic E-state index is 12.0. The summed E-state index contributed by atoms with van der Waals surface area (Å²) in [5, 5.41) is 8.27. The predicted molar refractivity (Wildman–Crippen MR) is 68.1 cm³/mol. The molecular weight excluding hydrogens is 254 g/mol. The topological polar surface area (TPSA) is 84.3 Å². The molecule has 6 heteroatoms. The van der Waals surface area contributed by atoms with Crippen molar-refractivity contribution < 1.29 is 18.3 Å². The van der Waals surface area contributed by atoms with Crippen molar-refractivity contribution in [3.8, 4) is 0 Å². The van der Waals surface area contributed by atoms with Gasteiger partial charge in [0.05, 0.1) is 22.3 Å². The Kier molecular flexibility index (Phi) is 4.45. The molecule has 1 heterocycles. The van der Waals surface area contributed by atoms with E-state index in [1.807, 2.05) is 13.8 Å². The van der Waals surface area contributed by atoms with Crippen molar-refractivity contribution in [3.05, 3.63) is 29.6 Å². The van der Waals surface area contributed by atoms with E-state index in [9.17, 15) is 13.2 Å². The van der Waals surface area contributed by atoms with Crippen molar-refractivity contribution in [1.82, 2.24) is 4.98 Å². The minimum atomic E-state index is -3.26. The van der Waals surface area contributed by atoms with Crippen LogP contribution in [0.5, 0.6) is 0 Å². The fraction of sp³-hybridized carbons (Fsp3) is 0.500. The molecule has 18 heavy (non-hydrogen) atoms. The number of hydrogen-bond acceptors (Lipinski definition) is 4. The van der Waals surface area contributed by atoms with Gasteiger partial charge in [-0.25, -0.2) is 13.2 Å². The molecule has 0 saturated carbocycles. The van der Waals surface area contributed by atoms with Gasteiger partial charge in [-0.1, -0.05) is 13.8 Å². The lowest BCUT2D eigenvalue weighted by Crippen LogP contribution is -2.25. The Morgan fingerprint density at radius 2 is 1.94 bits per heavy atom. The number of pyridine rings is 1. The highest BCUT2D eigenvalue weighted by Gasteiger charge is 2.24. The lowest BCUT2D eigenvalue weighted by molar-refractivity contribution is 0.0696. The Morgan fingerprint density at radius 3 is 2.33 bits per heavy atom. The SMILES string of the molecule is CC(C)C(C)S(=O)(=O)Cc1ccc(C(=O)O)cn1. The van der Waals surface area contributed by atoms with Gasteiger partial charge in [0, 0.05) is 6.20 Å². The fourth-order valence-corrected chi connectivity index (χ4v) is 3.06. The quantitative estimate of drug-likeness (QED) is 0.881. The number of nitrogens with zero attached hydrogens (tertiary/aromatic N) is 1. The van der Waals surface area contributed by atoms with Crippen LogP contribution in [-0.4, -0.2) is 29.7 Å². The second-order valence-corrected chi connectivity index (χ2v) is 6.96. The van der Waals surface area contributed by atoms with Crippen molar-refractivity contribution in [2.75, 3.05) is 0 Å². The summed E-state index contributed by atoms with van der Waals surface area (Å²) < 4.78 is 24.0. The molecule has 1 aromatic heterocycles. The molecule has 0 fully saturated rings. The van der Waals surface area contributed by atoms with E-state index < -0.39 is 21.1 Å². The van der Waals surface area contributed by atoms with Crippen molar-refractivity contribution in [2.45, 2.75) is 31.8 Å². The maximum Gasteiger partial charge on any atom is 0.337 e. The Bertz CT molecular complexity index is 520. The van der Waals surface area contributed by atoms with Crippen molar-refractivity contribution in [1.29, 1.82) is 0 Å². The smallest absolute Gasteiger partial charge is 0.337 e. The van der Waals surface area contributed by atoms with Crippen molar-refractivity contribution in [3.63, 3.8) is 0 Å². The molecule has 1 unspecified atom stereocenters.